The fourth-order valence-electron chi connectivity index (χ4n) is 2.86. The summed E-state index contributed by atoms with van der Waals surface area (Å²) in [6, 6.07) is 0. The Hall–Kier alpha value is -0.710. The Balaban J connectivity index is 1.82. The number of rotatable bonds is 5. The van der Waals surface area contributed by atoms with Crippen LogP contribution in [-0.4, -0.2) is 28.0 Å². The maximum Gasteiger partial charge on any atom is 0.145 e. The zero-order valence-electron chi connectivity index (χ0n) is 12.9. The Labute approximate surface area is 135 Å². The number of aromatic nitrogens is 2. The van der Waals surface area contributed by atoms with Crippen molar-refractivity contribution in [2.24, 2.45) is 5.92 Å². The van der Waals surface area contributed by atoms with Gasteiger partial charge in [0.1, 0.15) is 15.8 Å². The fourth-order valence-corrected chi connectivity index (χ4v) is 4.29. The van der Waals surface area contributed by atoms with Crippen molar-refractivity contribution in [2.75, 3.05) is 13.1 Å². The van der Waals surface area contributed by atoms with Crippen LogP contribution in [0.3, 0.4) is 0 Å². The number of halogens is 1. The highest BCUT2D eigenvalue weighted by molar-refractivity contribution is 7.18. The van der Waals surface area contributed by atoms with Gasteiger partial charge in [-0.25, -0.2) is 9.97 Å². The van der Waals surface area contributed by atoms with Gasteiger partial charge in [0.2, 0.25) is 0 Å². The second-order valence-corrected chi connectivity index (χ2v) is 7.58. The molecule has 21 heavy (non-hydrogen) atoms. The van der Waals surface area contributed by atoms with E-state index in [0.29, 0.717) is 5.15 Å². The van der Waals surface area contributed by atoms with Crippen molar-refractivity contribution in [1.82, 2.24) is 14.9 Å². The van der Waals surface area contributed by atoms with Crippen LogP contribution >= 0.6 is 22.9 Å². The normalized spacial score (nSPS) is 15.9. The van der Waals surface area contributed by atoms with E-state index in [1.165, 1.54) is 29.7 Å². The molecule has 3 nitrogen and oxygen atoms in total. The second kappa shape index (κ2) is 6.19. The van der Waals surface area contributed by atoms with Gasteiger partial charge >= 0.3 is 0 Å². The predicted octanol–water partition coefficient (Wildman–Crippen LogP) is 4.58. The van der Waals surface area contributed by atoms with Crippen molar-refractivity contribution < 1.29 is 0 Å². The summed E-state index contributed by atoms with van der Waals surface area (Å²) >= 11 is 8.11. The minimum atomic E-state index is 0.608. The molecule has 2 aromatic rings. The number of hydrogen-bond donors (Lipinski definition) is 0. The molecule has 1 aliphatic carbocycles. The van der Waals surface area contributed by atoms with Gasteiger partial charge in [0, 0.05) is 11.4 Å². The smallest absolute Gasteiger partial charge is 0.145 e. The van der Waals surface area contributed by atoms with Gasteiger partial charge in [0.05, 0.1) is 11.9 Å². The summed E-state index contributed by atoms with van der Waals surface area (Å²) in [7, 11) is 0. The largest absolute Gasteiger partial charge is 0.296 e. The van der Waals surface area contributed by atoms with Gasteiger partial charge in [0.15, 0.2) is 0 Å². The quantitative estimate of drug-likeness (QED) is 0.754. The highest BCUT2D eigenvalue weighted by atomic mass is 35.5. The lowest BCUT2D eigenvalue weighted by Crippen LogP contribution is -2.32. The SMILES string of the molecule is CCN(Cc1nc(Cl)c2c(C)c(C)sc2n1)CC1CCC1. The van der Waals surface area contributed by atoms with Crippen molar-refractivity contribution in [1.29, 1.82) is 0 Å². The topological polar surface area (TPSA) is 29.0 Å². The molecule has 1 saturated carbocycles. The molecule has 0 radical (unpaired) electrons. The van der Waals surface area contributed by atoms with E-state index in [1.807, 2.05) is 0 Å². The van der Waals surface area contributed by atoms with E-state index in [9.17, 15) is 0 Å². The average Bonchev–Trinajstić information content (AvgIpc) is 2.68. The minimum Gasteiger partial charge on any atom is -0.296 e. The van der Waals surface area contributed by atoms with Crippen LogP contribution < -0.4 is 0 Å². The summed E-state index contributed by atoms with van der Waals surface area (Å²) < 4.78 is 0. The van der Waals surface area contributed by atoms with Gasteiger partial charge in [-0.1, -0.05) is 24.9 Å². The molecule has 1 aliphatic rings. The molecule has 0 aliphatic heterocycles. The number of aryl methyl sites for hydroxylation is 2. The molecule has 0 atom stereocenters. The molecule has 2 aromatic heterocycles. The first-order valence-corrected chi connectivity index (χ1v) is 8.92. The van der Waals surface area contributed by atoms with Crippen LogP contribution in [0.1, 0.15) is 42.5 Å². The molecule has 0 bridgehead atoms. The molecule has 0 amide bonds. The fraction of sp³-hybridized carbons (Fsp3) is 0.625. The first-order chi connectivity index (χ1) is 10.1. The minimum absolute atomic E-state index is 0.608. The second-order valence-electron chi connectivity index (χ2n) is 6.02. The Bertz CT molecular complexity index is 648. The molecule has 3 rings (SSSR count). The average molecular weight is 324 g/mol. The van der Waals surface area contributed by atoms with Crippen molar-refractivity contribution in [3.05, 3.63) is 21.4 Å². The molecule has 0 spiro atoms. The monoisotopic (exact) mass is 323 g/mol. The number of nitrogens with zero attached hydrogens (tertiary/aromatic N) is 3. The lowest BCUT2D eigenvalue weighted by molar-refractivity contribution is 0.175. The van der Waals surface area contributed by atoms with Crippen LogP contribution in [0, 0.1) is 19.8 Å². The summed E-state index contributed by atoms with van der Waals surface area (Å²) in [5, 5.41) is 1.64. The molecule has 114 valence electrons. The van der Waals surface area contributed by atoms with Crippen LogP contribution in [0.25, 0.3) is 10.2 Å². The molecule has 1 fully saturated rings. The highest BCUT2D eigenvalue weighted by Crippen LogP contribution is 2.33. The number of fused-ring (bicyclic) bond motifs is 1. The summed E-state index contributed by atoms with van der Waals surface area (Å²) in [4.78, 5) is 14.0. The van der Waals surface area contributed by atoms with E-state index in [-0.39, 0.29) is 0 Å². The summed E-state index contributed by atoms with van der Waals surface area (Å²) in [6.07, 6.45) is 4.14. The highest BCUT2D eigenvalue weighted by Gasteiger charge is 2.21. The van der Waals surface area contributed by atoms with Crippen LogP contribution in [0.2, 0.25) is 5.15 Å². The van der Waals surface area contributed by atoms with Gasteiger partial charge < -0.3 is 0 Å². The predicted molar refractivity (Wildman–Crippen MR) is 90.2 cm³/mol. The summed E-state index contributed by atoms with van der Waals surface area (Å²) in [5.74, 6) is 1.73. The van der Waals surface area contributed by atoms with Gasteiger partial charge in [0.25, 0.3) is 0 Å². The maximum absolute atomic E-state index is 6.39. The van der Waals surface area contributed by atoms with E-state index in [2.05, 4.69) is 30.7 Å². The third-order valence-corrected chi connectivity index (χ3v) is 5.96. The van der Waals surface area contributed by atoms with Crippen LogP contribution in [0.15, 0.2) is 0 Å². The number of thiophene rings is 1. The molecule has 5 heteroatoms. The van der Waals surface area contributed by atoms with E-state index in [0.717, 1.165) is 41.6 Å². The Kier molecular flexibility index (Phi) is 4.48. The van der Waals surface area contributed by atoms with Crippen molar-refractivity contribution in [2.45, 2.75) is 46.6 Å². The maximum atomic E-state index is 6.39. The first kappa shape index (κ1) is 15.2. The molecule has 0 N–H and O–H groups in total. The zero-order chi connectivity index (χ0) is 15.0. The zero-order valence-corrected chi connectivity index (χ0v) is 14.5. The Morgan fingerprint density at radius 3 is 2.67 bits per heavy atom. The molecular formula is C16H22ClN3S. The van der Waals surface area contributed by atoms with Crippen LogP contribution in [0.4, 0.5) is 0 Å². The van der Waals surface area contributed by atoms with Gasteiger partial charge in [-0.05, 0) is 44.7 Å². The van der Waals surface area contributed by atoms with Crippen molar-refractivity contribution in [3.8, 4) is 0 Å². The Morgan fingerprint density at radius 2 is 2.05 bits per heavy atom. The van der Waals surface area contributed by atoms with E-state index >= 15 is 0 Å². The standard InChI is InChI=1S/C16H22ClN3S/c1-4-20(8-12-6-5-7-12)9-13-18-15(17)14-10(2)11(3)21-16(14)19-13/h12H,4-9H2,1-3H3. The molecule has 0 unspecified atom stereocenters. The summed E-state index contributed by atoms with van der Waals surface area (Å²) in [5.41, 5.74) is 1.22. The lowest BCUT2D eigenvalue weighted by Gasteiger charge is -2.31. The van der Waals surface area contributed by atoms with E-state index < -0.39 is 0 Å². The number of hydrogen-bond acceptors (Lipinski definition) is 4. The molecule has 0 aromatic carbocycles. The van der Waals surface area contributed by atoms with Gasteiger partial charge in [-0.3, -0.25) is 4.90 Å². The first-order valence-electron chi connectivity index (χ1n) is 7.73. The molecule has 0 saturated heterocycles. The third kappa shape index (κ3) is 3.08. The van der Waals surface area contributed by atoms with E-state index in [1.54, 1.807) is 11.3 Å². The molecule has 2 heterocycles. The lowest BCUT2D eigenvalue weighted by atomic mass is 9.85. The van der Waals surface area contributed by atoms with Gasteiger partial charge in [-0.15, -0.1) is 11.3 Å². The Morgan fingerprint density at radius 1 is 1.29 bits per heavy atom. The van der Waals surface area contributed by atoms with Crippen molar-refractivity contribution in [3.63, 3.8) is 0 Å². The summed E-state index contributed by atoms with van der Waals surface area (Å²) in [6.45, 7) is 9.43. The van der Waals surface area contributed by atoms with Crippen LogP contribution in [-0.2, 0) is 6.54 Å². The van der Waals surface area contributed by atoms with Gasteiger partial charge in [-0.2, -0.15) is 0 Å². The van der Waals surface area contributed by atoms with Crippen LogP contribution in [0.5, 0.6) is 0 Å². The third-order valence-electron chi connectivity index (χ3n) is 4.58. The molecular weight excluding hydrogens is 302 g/mol. The van der Waals surface area contributed by atoms with Crippen molar-refractivity contribution >= 4 is 33.2 Å². The van der Waals surface area contributed by atoms with E-state index in [4.69, 9.17) is 16.6 Å².